The molecule has 0 spiro atoms. The molecule has 1 aliphatic heterocycles. The van der Waals surface area contributed by atoms with E-state index in [0.29, 0.717) is 41.7 Å². The molecule has 6 nitrogen and oxygen atoms in total. The number of nitrogens with zero attached hydrogens (tertiary/aromatic N) is 3. The van der Waals surface area contributed by atoms with Crippen LogP contribution in [0.5, 0.6) is 0 Å². The standard InChI is InChI=1S/C21H20F7N5O/c22-14-3-1-12(2-4-14)19(11-34,13-5-6-29-9-13)10-30-17-7-15(20(23,24)25)31-18-8-16(21(26,27)28)32-33(17)18/h1-4,7-8,13,29-30,34H,5-6,9-11H2. The Labute approximate surface area is 188 Å². The van der Waals surface area contributed by atoms with E-state index in [1.54, 1.807) is 0 Å². The van der Waals surface area contributed by atoms with Crippen molar-refractivity contribution < 1.29 is 35.8 Å². The van der Waals surface area contributed by atoms with Crippen molar-refractivity contribution in [3.05, 3.63) is 59.2 Å². The van der Waals surface area contributed by atoms with Crippen molar-refractivity contribution in [1.29, 1.82) is 0 Å². The number of hydrogen-bond donors (Lipinski definition) is 3. The highest BCUT2D eigenvalue weighted by Gasteiger charge is 2.42. The van der Waals surface area contributed by atoms with Crippen LogP contribution < -0.4 is 10.6 Å². The van der Waals surface area contributed by atoms with E-state index in [2.05, 4.69) is 20.7 Å². The summed E-state index contributed by atoms with van der Waals surface area (Å²) in [6, 6.07) is 6.37. The van der Waals surface area contributed by atoms with Gasteiger partial charge in [-0.15, -0.1) is 0 Å². The molecule has 1 fully saturated rings. The molecule has 0 radical (unpaired) electrons. The van der Waals surface area contributed by atoms with Crippen LogP contribution in [0.25, 0.3) is 5.65 Å². The van der Waals surface area contributed by atoms with Crippen molar-refractivity contribution in [3.63, 3.8) is 0 Å². The maximum Gasteiger partial charge on any atom is 0.435 e. The summed E-state index contributed by atoms with van der Waals surface area (Å²) in [5.74, 6) is -1.06. The molecule has 1 saturated heterocycles. The number of nitrogens with one attached hydrogen (secondary N) is 2. The second-order valence-corrected chi connectivity index (χ2v) is 8.19. The van der Waals surface area contributed by atoms with Crippen molar-refractivity contribution in [2.75, 3.05) is 31.6 Å². The Bertz CT molecular complexity index is 1150. The molecular formula is C21H20F7N5O. The predicted octanol–water partition coefficient (Wildman–Crippen LogP) is 3.86. The first kappa shape index (κ1) is 24.2. The van der Waals surface area contributed by atoms with Gasteiger partial charge in [0.1, 0.15) is 11.6 Å². The minimum absolute atomic E-state index is 0.154. The van der Waals surface area contributed by atoms with E-state index in [9.17, 15) is 35.8 Å². The second-order valence-electron chi connectivity index (χ2n) is 8.19. The molecule has 13 heteroatoms. The van der Waals surface area contributed by atoms with Gasteiger partial charge in [-0.1, -0.05) is 12.1 Å². The summed E-state index contributed by atoms with van der Waals surface area (Å²) in [7, 11) is 0. The van der Waals surface area contributed by atoms with Crippen LogP contribution in [-0.2, 0) is 17.8 Å². The fourth-order valence-electron chi connectivity index (χ4n) is 4.30. The third kappa shape index (κ3) is 4.53. The number of anilines is 1. The summed E-state index contributed by atoms with van der Waals surface area (Å²) >= 11 is 0. The highest BCUT2D eigenvalue weighted by atomic mass is 19.4. The van der Waals surface area contributed by atoms with Gasteiger partial charge < -0.3 is 15.7 Å². The van der Waals surface area contributed by atoms with Gasteiger partial charge in [0.15, 0.2) is 17.0 Å². The average molecular weight is 491 g/mol. The van der Waals surface area contributed by atoms with Crippen molar-refractivity contribution in [1.82, 2.24) is 19.9 Å². The van der Waals surface area contributed by atoms with Gasteiger partial charge in [-0.25, -0.2) is 9.37 Å². The summed E-state index contributed by atoms with van der Waals surface area (Å²) < 4.78 is 93.9. The van der Waals surface area contributed by atoms with Gasteiger partial charge in [-0.2, -0.15) is 36.0 Å². The molecule has 0 bridgehead atoms. The van der Waals surface area contributed by atoms with E-state index >= 15 is 0 Å². The Hall–Kier alpha value is -2.93. The van der Waals surface area contributed by atoms with Crippen LogP contribution in [0.1, 0.15) is 23.4 Å². The number of rotatable bonds is 6. The number of aromatic nitrogens is 3. The number of halogens is 7. The van der Waals surface area contributed by atoms with Crippen LogP contribution in [0.3, 0.4) is 0 Å². The molecule has 2 unspecified atom stereocenters. The Morgan fingerprint density at radius 3 is 2.26 bits per heavy atom. The molecule has 2 aromatic heterocycles. The highest BCUT2D eigenvalue weighted by molar-refractivity contribution is 5.52. The largest absolute Gasteiger partial charge is 0.435 e. The zero-order chi connectivity index (χ0) is 24.7. The molecule has 0 saturated carbocycles. The first-order valence-corrected chi connectivity index (χ1v) is 10.3. The zero-order valence-corrected chi connectivity index (χ0v) is 17.5. The lowest BCUT2D eigenvalue weighted by atomic mass is 9.70. The van der Waals surface area contributed by atoms with Gasteiger partial charge in [0.2, 0.25) is 0 Å². The predicted molar refractivity (Wildman–Crippen MR) is 108 cm³/mol. The number of benzene rings is 1. The molecule has 1 aliphatic rings. The smallest absolute Gasteiger partial charge is 0.395 e. The van der Waals surface area contributed by atoms with E-state index in [4.69, 9.17) is 0 Å². The lowest BCUT2D eigenvalue weighted by molar-refractivity contribution is -0.142. The molecule has 3 aromatic rings. The van der Waals surface area contributed by atoms with Gasteiger partial charge in [0.05, 0.1) is 6.61 Å². The topological polar surface area (TPSA) is 74.5 Å². The highest BCUT2D eigenvalue weighted by Crippen LogP contribution is 2.38. The first-order valence-electron chi connectivity index (χ1n) is 10.3. The van der Waals surface area contributed by atoms with Crippen LogP contribution in [0.2, 0.25) is 0 Å². The van der Waals surface area contributed by atoms with E-state index < -0.39 is 47.2 Å². The molecular weight excluding hydrogens is 471 g/mol. The van der Waals surface area contributed by atoms with Gasteiger partial charge in [0.25, 0.3) is 0 Å². The molecule has 0 aliphatic carbocycles. The Morgan fingerprint density at radius 2 is 1.71 bits per heavy atom. The van der Waals surface area contributed by atoms with Crippen molar-refractivity contribution in [3.8, 4) is 0 Å². The van der Waals surface area contributed by atoms with Crippen molar-refractivity contribution >= 4 is 11.5 Å². The van der Waals surface area contributed by atoms with E-state index in [1.807, 2.05) is 0 Å². The van der Waals surface area contributed by atoms with Gasteiger partial charge >= 0.3 is 12.4 Å². The Morgan fingerprint density at radius 1 is 1.03 bits per heavy atom. The number of hydrogen-bond acceptors (Lipinski definition) is 5. The van der Waals surface area contributed by atoms with Gasteiger partial charge in [-0.3, -0.25) is 0 Å². The third-order valence-electron chi connectivity index (χ3n) is 6.14. The molecule has 0 amide bonds. The molecule has 3 N–H and O–H groups in total. The minimum atomic E-state index is -4.92. The summed E-state index contributed by atoms with van der Waals surface area (Å²) in [5, 5.41) is 19.7. The molecule has 4 rings (SSSR count). The summed E-state index contributed by atoms with van der Waals surface area (Å²) in [6.45, 7) is 0.531. The average Bonchev–Trinajstić information content (AvgIpc) is 3.45. The molecule has 34 heavy (non-hydrogen) atoms. The Balaban J connectivity index is 1.78. The number of aliphatic hydroxyl groups excluding tert-OH is 1. The molecule has 2 atom stereocenters. The number of fused-ring (bicyclic) bond motifs is 1. The number of alkyl halides is 6. The molecule has 184 valence electrons. The monoisotopic (exact) mass is 491 g/mol. The summed E-state index contributed by atoms with van der Waals surface area (Å²) in [6.07, 6.45) is -9.18. The van der Waals surface area contributed by atoms with Crippen molar-refractivity contribution in [2.24, 2.45) is 5.92 Å². The van der Waals surface area contributed by atoms with Crippen LogP contribution in [0.4, 0.5) is 36.6 Å². The van der Waals surface area contributed by atoms with Crippen LogP contribution in [-0.4, -0.2) is 45.9 Å². The molecule has 1 aromatic carbocycles. The van der Waals surface area contributed by atoms with Gasteiger partial charge in [0, 0.05) is 24.1 Å². The Kier molecular flexibility index (Phi) is 6.19. The van der Waals surface area contributed by atoms with E-state index in [0.717, 1.165) is 0 Å². The van der Waals surface area contributed by atoms with E-state index in [1.165, 1.54) is 24.3 Å². The quantitative estimate of drug-likeness (QED) is 0.457. The third-order valence-corrected chi connectivity index (χ3v) is 6.14. The van der Waals surface area contributed by atoms with E-state index in [-0.39, 0.29) is 18.3 Å². The first-order chi connectivity index (χ1) is 15.9. The second kappa shape index (κ2) is 8.69. The lowest BCUT2D eigenvalue weighted by Gasteiger charge is -2.38. The van der Waals surface area contributed by atoms with Crippen molar-refractivity contribution in [2.45, 2.75) is 24.2 Å². The van der Waals surface area contributed by atoms with Crippen LogP contribution in [0, 0.1) is 11.7 Å². The summed E-state index contributed by atoms with van der Waals surface area (Å²) in [5.41, 5.74) is -3.95. The lowest BCUT2D eigenvalue weighted by Crippen LogP contribution is -2.46. The summed E-state index contributed by atoms with van der Waals surface area (Å²) in [4.78, 5) is 3.29. The fourth-order valence-corrected chi connectivity index (χ4v) is 4.30. The zero-order valence-electron chi connectivity index (χ0n) is 17.5. The van der Waals surface area contributed by atoms with Crippen LogP contribution in [0.15, 0.2) is 36.4 Å². The SMILES string of the molecule is OCC(CNc1cc(C(F)(F)F)nc2cc(C(F)(F)F)nn12)(c1ccc(F)cc1)C1CCNC1. The normalized spacial score (nSPS) is 18.9. The minimum Gasteiger partial charge on any atom is -0.395 e. The fraction of sp³-hybridized carbons (Fsp3) is 0.429. The maximum absolute atomic E-state index is 13.5. The van der Waals surface area contributed by atoms with Crippen LogP contribution >= 0.6 is 0 Å². The van der Waals surface area contributed by atoms with Gasteiger partial charge in [-0.05, 0) is 43.1 Å². The molecule has 3 heterocycles. The number of aliphatic hydroxyl groups is 1. The maximum atomic E-state index is 13.5.